The van der Waals surface area contributed by atoms with Crippen LogP contribution in [-0.4, -0.2) is 58.2 Å². The molecular formula is C18H20F2N2O5S2. The molecule has 0 atom stereocenters. The van der Waals surface area contributed by atoms with Gasteiger partial charge in [0.1, 0.15) is 22.3 Å². The predicted octanol–water partition coefficient (Wildman–Crippen LogP) is 2.06. The fourth-order valence-electron chi connectivity index (χ4n) is 2.99. The average Bonchev–Trinajstić information content (AvgIpc) is 2.70. The second-order valence-electron chi connectivity index (χ2n) is 6.29. The lowest BCUT2D eigenvalue weighted by atomic mass is 10.3. The molecule has 29 heavy (non-hydrogen) atoms. The highest BCUT2D eigenvalue weighted by Crippen LogP contribution is 2.25. The average molecular weight is 446 g/mol. The SMILES string of the molecule is CCOc1ccc(S(=O)(=O)N2CCN(S(=O)(=O)c3cc(F)ccc3F)CC2)cc1. The number of hydrogen-bond donors (Lipinski definition) is 0. The van der Waals surface area contributed by atoms with Crippen molar-refractivity contribution in [2.75, 3.05) is 32.8 Å². The van der Waals surface area contributed by atoms with Gasteiger partial charge >= 0.3 is 0 Å². The third-order valence-corrected chi connectivity index (χ3v) is 8.31. The van der Waals surface area contributed by atoms with Crippen molar-refractivity contribution in [1.29, 1.82) is 0 Å². The van der Waals surface area contributed by atoms with E-state index in [0.29, 0.717) is 18.4 Å². The van der Waals surface area contributed by atoms with Gasteiger partial charge in [-0.2, -0.15) is 8.61 Å². The van der Waals surface area contributed by atoms with Gasteiger partial charge in [0, 0.05) is 26.2 Å². The lowest BCUT2D eigenvalue weighted by Gasteiger charge is -2.33. The Kier molecular flexibility index (Phi) is 6.22. The molecule has 0 aromatic heterocycles. The number of ether oxygens (including phenoxy) is 1. The maximum atomic E-state index is 13.9. The Labute approximate surface area is 168 Å². The van der Waals surface area contributed by atoms with E-state index < -0.39 is 36.6 Å². The van der Waals surface area contributed by atoms with Gasteiger partial charge in [-0.3, -0.25) is 0 Å². The monoisotopic (exact) mass is 446 g/mol. The summed E-state index contributed by atoms with van der Waals surface area (Å²) in [6.07, 6.45) is 0. The molecule has 1 heterocycles. The first kappa shape index (κ1) is 21.6. The van der Waals surface area contributed by atoms with Crippen molar-refractivity contribution in [1.82, 2.24) is 8.61 Å². The third kappa shape index (κ3) is 4.42. The van der Waals surface area contributed by atoms with Crippen LogP contribution < -0.4 is 4.74 Å². The summed E-state index contributed by atoms with van der Waals surface area (Å²) < 4.78 is 85.5. The van der Waals surface area contributed by atoms with Gasteiger partial charge in [0.05, 0.1) is 11.5 Å². The first-order valence-electron chi connectivity index (χ1n) is 8.84. The molecule has 0 amide bonds. The van der Waals surface area contributed by atoms with Crippen molar-refractivity contribution in [3.63, 3.8) is 0 Å². The summed E-state index contributed by atoms with van der Waals surface area (Å²) >= 11 is 0. The summed E-state index contributed by atoms with van der Waals surface area (Å²) in [5.74, 6) is -1.39. The first-order valence-corrected chi connectivity index (χ1v) is 11.7. The molecule has 3 rings (SSSR count). The molecule has 7 nitrogen and oxygen atoms in total. The van der Waals surface area contributed by atoms with Crippen LogP contribution in [0.25, 0.3) is 0 Å². The minimum absolute atomic E-state index is 0.0634. The molecule has 2 aromatic rings. The maximum Gasteiger partial charge on any atom is 0.246 e. The lowest BCUT2D eigenvalue weighted by molar-refractivity contribution is 0.272. The first-order chi connectivity index (χ1) is 13.7. The smallest absolute Gasteiger partial charge is 0.246 e. The van der Waals surface area contributed by atoms with Crippen LogP contribution in [0.1, 0.15) is 6.92 Å². The summed E-state index contributed by atoms with van der Waals surface area (Å²) in [4.78, 5) is -0.700. The van der Waals surface area contributed by atoms with E-state index in [9.17, 15) is 25.6 Å². The predicted molar refractivity (Wildman–Crippen MR) is 101 cm³/mol. The normalized spacial score (nSPS) is 16.7. The zero-order valence-corrected chi connectivity index (χ0v) is 17.2. The Morgan fingerprint density at radius 1 is 0.862 bits per heavy atom. The summed E-state index contributed by atoms with van der Waals surface area (Å²) in [6.45, 7) is 1.71. The third-order valence-electron chi connectivity index (χ3n) is 4.48. The zero-order chi connectivity index (χ0) is 21.2. The van der Waals surface area contributed by atoms with Crippen LogP contribution in [0.3, 0.4) is 0 Å². The molecule has 1 aliphatic rings. The molecule has 1 aliphatic heterocycles. The number of hydrogen-bond acceptors (Lipinski definition) is 5. The van der Waals surface area contributed by atoms with Crippen LogP contribution >= 0.6 is 0 Å². The number of nitrogens with zero attached hydrogens (tertiary/aromatic N) is 2. The summed E-state index contributed by atoms with van der Waals surface area (Å²) in [7, 11) is -8.10. The Bertz CT molecular complexity index is 1080. The Morgan fingerprint density at radius 3 is 1.97 bits per heavy atom. The highest BCUT2D eigenvalue weighted by molar-refractivity contribution is 7.89. The van der Waals surface area contributed by atoms with Crippen LogP contribution in [0.2, 0.25) is 0 Å². The number of sulfonamides is 2. The van der Waals surface area contributed by atoms with E-state index in [1.165, 1.54) is 12.1 Å². The molecule has 1 saturated heterocycles. The summed E-state index contributed by atoms with van der Waals surface area (Å²) in [5.41, 5.74) is 0. The number of benzene rings is 2. The summed E-state index contributed by atoms with van der Waals surface area (Å²) in [5, 5.41) is 0. The quantitative estimate of drug-likeness (QED) is 0.678. The molecule has 0 N–H and O–H groups in total. The molecular weight excluding hydrogens is 426 g/mol. The van der Waals surface area contributed by atoms with Crippen molar-refractivity contribution in [2.45, 2.75) is 16.7 Å². The Morgan fingerprint density at radius 2 is 1.41 bits per heavy atom. The zero-order valence-electron chi connectivity index (χ0n) is 15.6. The van der Waals surface area contributed by atoms with E-state index in [1.54, 1.807) is 12.1 Å². The van der Waals surface area contributed by atoms with Crippen molar-refractivity contribution in [3.8, 4) is 5.75 Å². The minimum Gasteiger partial charge on any atom is -0.494 e. The van der Waals surface area contributed by atoms with E-state index in [1.807, 2.05) is 6.92 Å². The fraction of sp³-hybridized carbons (Fsp3) is 0.333. The van der Waals surface area contributed by atoms with E-state index in [-0.39, 0.29) is 31.1 Å². The van der Waals surface area contributed by atoms with Crippen LogP contribution in [0.5, 0.6) is 5.75 Å². The number of piperazine rings is 1. The van der Waals surface area contributed by atoms with Gasteiger partial charge in [-0.05, 0) is 49.4 Å². The van der Waals surface area contributed by atoms with Crippen molar-refractivity contribution >= 4 is 20.0 Å². The van der Waals surface area contributed by atoms with Crippen molar-refractivity contribution in [3.05, 3.63) is 54.1 Å². The lowest BCUT2D eigenvalue weighted by Crippen LogP contribution is -2.50. The van der Waals surface area contributed by atoms with Gasteiger partial charge in [0.15, 0.2) is 0 Å². The van der Waals surface area contributed by atoms with Gasteiger partial charge in [-0.25, -0.2) is 25.6 Å². The molecule has 0 radical (unpaired) electrons. The largest absolute Gasteiger partial charge is 0.494 e. The van der Waals surface area contributed by atoms with E-state index in [0.717, 1.165) is 20.7 Å². The highest BCUT2D eigenvalue weighted by Gasteiger charge is 2.35. The molecule has 0 aliphatic carbocycles. The standard InChI is InChI=1S/C18H20F2N2O5S2/c1-2-27-15-4-6-16(7-5-15)28(23,24)21-9-11-22(12-10-21)29(25,26)18-13-14(19)3-8-17(18)20/h3-8,13H,2,9-12H2,1H3. The van der Waals surface area contributed by atoms with Crippen LogP contribution in [0.15, 0.2) is 52.3 Å². The number of halogens is 2. The second kappa shape index (κ2) is 8.34. The van der Waals surface area contributed by atoms with Gasteiger partial charge in [-0.15, -0.1) is 0 Å². The number of rotatable bonds is 6. The van der Waals surface area contributed by atoms with E-state index in [2.05, 4.69) is 0 Å². The second-order valence-corrected chi connectivity index (χ2v) is 10.1. The van der Waals surface area contributed by atoms with Crippen LogP contribution in [0, 0.1) is 11.6 Å². The molecule has 0 unspecified atom stereocenters. The molecule has 0 spiro atoms. The summed E-state index contributed by atoms with van der Waals surface area (Å²) in [6, 6.07) is 8.13. The van der Waals surface area contributed by atoms with E-state index in [4.69, 9.17) is 4.74 Å². The van der Waals surface area contributed by atoms with Crippen LogP contribution in [-0.2, 0) is 20.0 Å². The Hall–Kier alpha value is -2.08. The highest BCUT2D eigenvalue weighted by atomic mass is 32.2. The van der Waals surface area contributed by atoms with Crippen molar-refractivity contribution < 1.29 is 30.4 Å². The fourth-order valence-corrected chi connectivity index (χ4v) is 5.91. The van der Waals surface area contributed by atoms with E-state index >= 15 is 0 Å². The van der Waals surface area contributed by atoms with Gasteiger partial charge < -0.3 is 4.74 Å². The van der Waals surface area contributed by atoms with Gasteiger partial charge in [-0.1, -0.05) is 0 Å². The molecule has 11 heteroatoms. The minimum atomic E-state index is -4.28. The van der Waals surface area contributed by atoms with Crippen LogP contribution in [0.4, 0.5) is 8.78 Å². The molecule has 0 bridgehead atoms. The Balaban J connectivity index is 1.75. The molecule has 1 fully saturated rings. The van der Waals surface area contributed by atoms with Gasteiger partial charge in [0.25, 0.3) is 0 Å². The topological polar surface area (TPSA) is 84.0 Å². The molecule has 2 aromatic carbocycles. The van der Waals surface area contributed by atoms with Crippen molar-refractivity contribution in [2.24, 2.45) is 0 Å². The molecule has 158 valence electrons. The van der Waals surface area contributed by atoms with Gasteiger partial charge in [0.2, 0.25) is 20.0 Å². The molecule has 0 saturated carbocycles. The maximum absolute atomic E-state index is 13.9.